The summed E-state index contributed by atoms with van der Waals surface area (Å²) in [5, 5.41) is 7.82. The molecule has 2 aromatic rings. The summed E-state index contributed by atoms with van der Waals surface area (Å²) in [5.41, 5.74) is 1.73. The van der Waals surface area contributed by atoms with Crippen LogP contribution in [0.4, 0.5) is 0 Å². The van der Waals surface area contributed by atoms with Gasteiger partial charge in [0.2, 0.25) is 0 Å². The first-order chi connectivity index (χ1) is 11.1. The van der Waals surface area contributed by atoms with Gasteiger partial charge in [-0.3, -0.25) is 9.48 Å². The lowest BCUT2D eigenvalue weighted by atomic mass is 10.1. The zero-order valence-electron chi connectivity index (χ0n) is 13.6. The van der Waals surface area contributed by atoms with Crippen molar-refractivity contribution in [3.63, 3.8) is 0 Å². The Morgan fingerprint density at radius 1 is 1.35 bits per heavy atom. The predicted molar refractivity (Wildman–Crippen MR) is 85.0 cm³/mol. The molecule has 2 aromatic heterocycles. The molecule has 1 saturated carbocycles. The summed E-state index contributed by atoms with van der Waals surface area (Å²) >= 11 is 0. The van der Waals surface area contributed by atoms with E-state index in [9.17, 15) is 4.79 Å². The largest absolute Gasteiger partial charge is 0.336 e. The minimum Gasteiger partial charge on any atom is -0.336 e. The summed E-state index contributed by atoms with van der Waals surface area (Å²) in [6.07, 6.45) is 6.10. The number of aryl methyl sites for hydroxylation is 2. The van der Waals surface area contributed by atoms with Gasteiger partial charge in [0.1, 0.15) is 11.9 Å². The molecule has 1 saturated heterocycles. The average molecular weight is 314 g/mol. The first-order valence-electron chi connectivity index (χ1n) is 8.18. The fraction of sp³-hybridized carbons (Fsp3) is 0.562. The van der Waals surface area contributed by atoms with Gasteiger partial charge in [0, 0.05) is 57.7 Å². The third-order valence-corrected chi connectivity index (χ3v) is 4.79. The van der Waals surface area contributed by atoms with E-state index in [0.717, 1.165) is 18.9 Å². The summed E-state index contributed by atoms with van der Waals surface area (Å²) in [4.78, 5) is 19.3. The Kier molecular flexibility index (Phi) is 3.45. The van der Waals surface area contributed by atoms with Crippen LogP contribution in [0.5, 0.6) is 0 Å². The van der Waals surface area contributed by atoms with E-state index in [4.69, 9.17) is 0 Å². The van der Waals surface area contributed by atoms with Gasteiger partial charge in [0.05, 0.1) is 0 Å². The molecule has 2 fully saturated rings. The molecule has 4 rings (SSSR count). The molecule has 1 amide bonds. The first-order valence-corrected chi connectivity index (χ1v) is 8.18. The Balaban J connectivity index is 1.62. The Morgan fingerprint density at radius 2 is 2.17 bits per heavy atom. The van der Waals surface area contributed by atoms with Gasteiger partial charge >= 0.3 is 0 Å². The number of aromatic nitrogens is 4. The van der Waals surface area contributed by atoms with Gasteiger partial charge in [-0.25, -0.2) is 4.98 Å². The van der Waals surface area contributed by atoms with E-state index in [1.54, 1.807) is 6.20 Å². The van der Waals surface area contributed by atoms with Crippen LogP contribution in [-0.2, 0) is 14.1 Å². The van der Waals surface area contributed by atoms with Crippen LogP contribution in [0.2, 0.25) is 0 Å². The van der Waals surface area contributed by atoms with E-state index in [0.29, 0.717) is 18.2 Å². The molecule has 2 aliphatic rings. The van der Waals surface area contributed by atoms with Crippen molar-refractivity contribution in [3.05, 3.63) is 35.7 Å². The maximum absolute atomic E-state index is 13.0. The SMILES string of the molecule is Cn1ccnc1C1CNCCN1C(=O)c1cc(C2CC2)n(C)n1. The molecule has 1 atom stereocenters. The second-order valence-electron chi connectivity index (χ2n) is 6.47. The van der Waals surface area contributed by atoms with Crippen LogP contribution in [0.1, 0.15) is 46.8 Å². The van der Waals surface area contributed by atoms with Gasteiger partial charge in [-0.15, -0.1) is 0 Å². The molecule has 0 radical (unpaired) electrons. The van der Waals surface area contributed by atoms with Crippen molar-refractivity contribution in [2.24, 2.45) is 14.1 Å². The van der Waals surface area contributed by atoms with Crippen LogP contribution in [0, 0.1) is 0 Å². The topological polar surface area (TPSA) is 68.0 Å². The van der Waals surface area contributed by atoms with Crippen molar-refractivity contribution >= 4 is 5.91 Å². The summed E-state index contributed by atoms with van der Waals surface area (Å²) in [6, 6.07) is 1.92. The number of amides is 1. The molecule has 3 heterocycles. The smallest absolute Gasteiger partial charge is 0.275 e. The Bertz CT molecular complexity index is 729. The van der Waals surface area contributed by atoms with Crippen molar-refractivity contribution in [1.29, 1.82) is 0 Å². The molecule has 7 nitrogen and oxygen atoms in total. The second kappa shape index (κ2) is 5.49. The quantitative estimate of drug-likeness (QED) is 0.911. The van der Waals surface area contributed by atoms with Crippen LogP contribution < -0.4 is 5.32 Å². The molecule has 122 valence electrons. The number of hydrogen-bond acceptors (Lipinski definition) is 4. The van der Waals surface area contributed by atoms with Crippen LogP contribution in [0.25, 0.3) is 0 Å². The highest BCUT2D eigenvalue weighted by Crippen LogP contribution is 2.40. The molecule has 1 aliphatic carbocycles. The zero-order valence-corrected chi connectivity index (χ0v) is 13.6. The van der Waals surface area contributed by atoms with E-state index in [1.165, 1.54) is 18.5 Å². The monoisotopic (exact) mass is 314 g/mol. The maximum atomic E-state index is 13.0. The molecule has 7 heteroatoms. The summed E-state index contributed by atoms with van der Waals surface area (Å²) < 4.78 is 3.84. The van der Waals surface area contributed by atoms with Gasteiger partial charge in [-0.1, -0.05) is 0 Å². The van der Waals surface area contributed by atoms with E-state index < -0.39 is 0 Å². The lowest BCUT2D eigenvalue weighted by Gasteiger charge is -2.35. The minimum atomic E-state index is -0.0531. The molecule has 1 aliphatic heterocycles. The maximum Gasteiger partial charge on any atom is 0.275 e. The lowest BCUT2D eigenvalue weighted by molar-refractivity contribution is 0.0614. The Morgan fingerprint density at radius 3 is 2.87 bits per heavy atom. The Labute approximate surface area is 135 Å². The number of piperazine rings is 1. The molecular weight excluding hydrogens is 292 g/mol. The van der Waals surface area contributed by atoms with Crippen molar-refractivity contribution < 1.29 is 4.79 Å². The third kappa shape index (κ3) is 2.55. The predicted octanol–water partition coefficient (Wildman–Crippen LogP) is 0.818. The molecular formula is C16H22N6O. The highest BCUT2D eigenvalue weighted by molar-refractivity contribution is 5.92. The van der Waals surface area contributed by atoms with Crippen LogP contribution in [0.15, 0.2) is 18.5 Å². The number of imidazole rings is 1. The van der Waals surface area contributed by atoms with E-state index in [1.807, 2.05) is 40.5 Å². The normalized spacial score (nSPS) is 21.7. The zero-order chi connectivity index (χ0) is 16.0. The van der Waals surface area contributed by atoms with E-state index >= 15 is 0 Å². The van der Waals surface area contributed by atoms with Gasteiger partial charge in [0.15, 0.2) is 5.69 Å². The molecule has 0 bridgehead atoms. The lowest BCUT2D eigenvalue weighted by Crippen LogP contribution is -2.49. The van der Waals surface area contributed by atoms with Crippen molar-refractivity contribution in [2.45, 2.75) is 24.8 Å². The number of hydrogen-bond donors (Lipinski definition) is 1. The number of rotatable bonds is 3. The van der Waals surface area contributed by atoms with Crippen LogP contribution in [0.3, 0.4) is 0 Å². The van der Waals surface area contributed by atoms with Crippen molar-refractivity contribution in [1.82, 2.24) is 29.5 Å². The molecule has 1 N–H and O–H groups in total. The van der Waals surface area contributed by atoms with Gasteiger partial charge in [-0.05, 0) is 18.9 Å². The minimum absolute atomic E-state index is 0.00185. The van der Waals surface area contributed by atoms with E-state index in [2.05, 4.69) is 15.4 Å². The number of nitrogens with one attached hydrogen (secondary N) is 1. The average Bonchev–Trinajstić information content (AvgIpc) is 3.20. The first kappa shape index (κ1) is 14.4. The number of nitrogens with zero attached hydrogens (tertiary/aromatic N) is 5. The summed E-state index contributed by atoms with van der Waals surface area (Å²) in [5.74, 6) is 1.49. The molecule has 1 unspecified atom stereocenters. The summed E-state index contributed by atoms with van der Waals surface area (Å²) in [6.45, 7) is 2.19. The highest BCUT2D eigenvalue weighted by atomic mass is 16.2. The van der Waals surface area contributed by atoms with Gasteiger partial charge in [-0.2, -0.15) is 5.10 Å². The van der Waals surface area contributed by atoms with Crippen molar-refractivity contribution in [2.75, 3.05) is 19.6 Å². The Hall–Kier alpha value is -2.15. The number of carbonyl (C=O) groups is 1. The standard InChI is InChI=1S/C16H22N6O/c1-20-7-6-18-15(20)14-10-17-5-8-22(14)16(23)12-9-13(11-3-4-11)21(2)19-12/h6-7,9,11,14,17H,3-5,8,10H2,1-2H3. The fourth-order valence-electron chi connectivity index (χ4n) is 3.37. The van der Waals surface area contributed by atoms with Gasteiger partial charge < -0.3 is 14.8 Å². The molecule has 23 heavy (non-hydrogen) atoms. The summed E-state index contributed by atoms with van der Waals surface area (Å²) in [7, 11) is 3.89. The molecule has 0 aromatic carbocycles. The molecule has 0 spiro atoms. The van der Waals surface area contributed by atoms with Gasteiger partial charge in [0.25, 0.3) is 5.91 Å². The number of carbonyl (C=O) groups excluding carboxylic acids is 1. The third-order valence-electron chi connectivity index (χ3n) is 4.79. The van der Waals surface area contributed by atoms with Crippen LogP contribution >= 0.6 is 0 Å². The van der Waals surface area contributed by atoms with Crippen molar-refractivity contribution in [3.8, 4) is 0 Å². The fourth-order valence-corrected chi connectivity index (χ4v) is 3.37. The highest BCUT2D eigenvalue weighted by Gasteiger charge is 2.34. The van der Waals surface area contributed by atoms with Crippen LogP contribution in [-0.4, -0.2) is 49.8 Å². The second-order valence-corrected chi connectivity index (χ2v) is 6.47. The van der Waals surface area contributed by atoms with E-state index in [-0.39, 0.29) is 11.9 Å².